The van der Waals surface area contributed by atoms with Crippen LogP contribution in [0.3, 0.4) is 0 Å². The fourth-order valence-corrected chi connectivity index (χ4v) is 5.06. The molecule has 5 rings (SSSR count). The van der Waals surface area contributed by atoms with Crippen LogP contribution >= 0.6 is 0 Å². The molecule has 188 valence electrons. The van der Waals surface area contributed by atoms with Gasteiger partial charge in [0.15, 0.2) is 0 Å². The maximum atomic E-state index is 14.0. The summed E-state index contributed by atoms with van der Waals surface area (Å²) in [7, 11) is -4.66. The Morgan fingerprint density at radius 1 is 0.892 bits per heavy atom. The molecule has 0 unspecified atom stereocenters. The molecular formula is C26H18F4N4O2S. The minimum absolute atomic E-state index is 0.133. The molecule has 2 N–H and O–H groups in total. The summed E-state index contributed by atoms with van der Waals surface area (Å²) in [5, 5.41) is 5.85. The van der Waals surface area contributed by atoms with Crippen LogP contribution in [-0.4, -0.2) is 23.0 Å². The molecule has 0 amide bonds. The number of aromatic nitrogens is 3. The van der Waals surface area contributed by atoms with Gasteiger partial charge in [-0.1, -0.05) is 36.4 Å². The molecule has 0 radical (unpaired) electrons. The molecule has 0 fully saturated rings. The fourth-order valence-electron chi connectivity index (χ4n) is 4.28. The first-order chi connectivity index (χ1) is 17.5. The molecule has 2 heterocycles. The van der Waals surface area contributed by atoms with Crippen molar-refractivity contribution in [3.05, 3.63) is 102 Å². The van der Waals surface area contributed by atoms with Crippen molar-refractivity contribution in [2.45, 2.75) is 17.6 Å². The SMILES string of the molecule is NS(=O)(=O)c1cccc(-c2nccnc2-c2ccc(Cn3ccc4cc(F)ccc43)cc2)c1C(F)(F)F. The number of rotatable bonds is 5. The Morgan fingerprint density at radius 2 is 1.59 bits per heavy atom. The highest BCUT2D eigenvalue weighted by Crippen LogP contribution is 2.42. The summed E-state index contributed by atoms with van der Waals surface area (Å²) in [6, 6.07) is 16.5. The van der Waals surface area contributed by atoms with Gasteiger partial charge in [0, 0.05) is 47.2 Å². The highest BCUT2D eigenvalue weighted by Gasteiger charge is 2.40. The van der Waals surface area contributed by atoms with Gasteiger partial charge in [0.25, 0.3) is 0 Å². The lowest BCUT2D eigenvalue weighted by molar-refractivity contribution is -0.139. The van der Waals surface area contributed by atoms with Crippen LogP contribution in [0, 0.1) is 5.82 Å². The van der Waals surface area contributed by atoms with Crippen LogP contribution in [0.25, 0.3) is 33.4 Å². The molecule has 0 spiro atoms. The van der Waals surface area contributed by atoms with Crippen LogP contribution in [0.15, 0.2) is 90.2 Å². The number of nitrogens with two attached hydrogens (primary N) is 1. The Bertz CT molecular complexity index is 1730. The van der Waals surface area contributed by atoms with E-state index in [4.69, 9.17) is 5.14 Å². The van der Waals surface area contributed by atoms with Gasteiger partial charge in [-0.25, -0.2) is 17.9 Å². The van der Waals surface area contributed by atoms with Gasteiger partial charge in [0.2, 0.25) is 10.0 Å². The number of hydrogen-bond donors (Lipinski definition) is 1. The number of hydrogen-bond acceptors (Lipinski definition) is 4. The van der Waals surface area contributed by atoms with E-state index in [9.17, 15) is 26.0 Å². The largest absolute Gasteiger partial charge is 0.418 e. The number of halogens is 4. The summed E-state index contributed by atoms with van der Waals surface area (Å²) in [6.07, 6.45) is -0.596. The number of alkyl halides is 3. The molecule has 11 heteroatoms. The zero-order valence-electron chi connectivity index (χ0n) is 18.9. The highest BCUT2D eigenvalue weighted by atomic mass is 32.2. The van der Waals surface area contributed by atoms with Crippen molar-refractivity contribution in [1.29, 1.82) is 0 Å². The van der Waals surface area contributed by atoms with Crippen molar-refractivity contribution in [3.63, 3.8) is 0 Å². The van der Waals surface area contributed by atoms with Crippen LogP contribution in [0.2, 0.25) is 0 Å². The van der Waals surface area contributed by atoms with Crippen molar-refractivity contribution in [1.82, 2.24) is 14.5 Å². The Hall–Kier alpha value is -4.09. The predicted molar refractivity (Wildman–Crippen MR) is 130 cm³/mol. The molecule has 0 aliphatic heterocycles. The van der Waals surface area contributed by atoms with Gasteiger partial charge in [-0.2, -0.15) is 13.2 Å². The summed E-state index contributed by atoms with van der Waals surface area (Å²) in [4.78, 5) is 7.32. The van der Waals surface area contributed by atoms with Crippen LogP contribution in [0.4, 0.5) is 17.6 Å². The summed E-state index contributed by atoms with van der Waals surface area (Å²) in [6.45, 7) is 0.483. The molecule has 37 heavy (non-hydrogen) atoms. The van der Waals surface area contributed by atoms with E-state index in [1.807, 2.05) is 16.8 Å². The quantitative estimate of drug-likeness (QED) is 0.301. The predicted octanol–water partition coefficient (Wildman–Crippen LogP) is 5.62. The molecule has 0 saturated carbocycles. The monoisotopic (exact) mass is 526 g/mol. The summed E-state index contributed by atoms with van der Waals surface area (Å²) in [5.74, 6) is -0.322. The molecule has 0 aliphatic rings. The maximum absolute atomic E-state index is 14.0. The second-order valence-electron chi connectivity index (χ2n) is 8.32. The number of benzene rings is 3. The Labute approximate surface area is 209 Å². The summed E-state index contributed by atoms with van der Waals surface area (Å²) >= 11 is 0. The number of sulfonamides is 1. The summed E-state index contributed by atoms with van der Waals surface area (Å²) in [5.41, 5.74) is 0.406. The first-order valence-electron chi connectivity index (χ1n) is 10.9. The van der Waals surface area contributed by atoms with E-state index < -0.39 is 32.2 Å². The van der Waals surface area contributed by atoms with Gasteiger partial charge in [-0.15, -0.1) is 0 Å². The van der Waals surface area contributed by atoms with Crippen molar-refractivity contribution in [3.8, 4) is 22.5 Å². The smallest absolute Gasteiger partial charge is 0.343 e. The lowest BCUT2D eigenvalue weighted by Gasteiger charge is -2.17. The van der Waals surface area contributed by atoms with Crippen molar-refractivity contribution < 1.29 is 26.0 Å². The van der Waals surface area contributed by atoms with E-state index in [1.54, 1.807) is 30.3 Å². The lowest BCUT2D eigenvalue weighted by atomic mass is 9.98. The first kappa shape index (κ1) is 24.6. The van der Waals surface area contributed by atoms with E-state index in [1.165, 1.54) is 30.6 Å². The Morgan fingerprint density at radius 3 is 2.27 bits per heavy atom. The van der Waals surface area contributed by atoms with Gasteiger partial charge < -0.3 is 4.57 Å². The highest BCUT2D eigenvalue weighted by molar-refractivity contribution is 7.89. The van der Waals surface area contributed by atoms with Gasteiger partial charge in [-0.3, -0.25) is 9.97 Å². The molecule has 6 nitrogen and oxygen atoms in total. The van der Waals surface area contributed by atoms with Crippen LogP contribution in [0.5, 0.6) is 0 Å². The van der Waals surface area contributed by atoms with E-state index in [0.717, 1.165) is 28.6 Å². The second-order valence-corrected chi connectivity index (χ2v) is 9.85. The van der Waals surface area contributed by atoms with Crippen LogP contribution in [0.1, 0.15) is 11.1 Å². The van der Waals surface area contributed by atoms with Crippen LogP contribution < -0.4 is 5.14 Å². The zero-order chi connectivity index (χ0) is 26.4. The lowest BCUT2D eigenvalue weighted by Crippen LogP contribution is -2.20. The number of primary sulfonamides is 1. The first-order valence-corrected chi connectivity index (χ1v) is 12.4. The molecule has 0 saturated heterocycles. The number of nitrogens with zero attached hydrogens (tertiary/aromatic N) is 3. The van der Waals surface area contributed by atoms with Gasteiger partial charge >= 0.3 is 6.18 Å². The molecule has 2 aromatic heterocycles. The zero-order valence-corrected chi connectivity index (χ0v) is 19.8. The Kier molecular flexibility index (Phi) is 6.04. The molecular weight excluding hydrogens is 508 g/mol. The van der Waals surface area contributed by atoms with Crippen LogP contribution in [-0.2, 0) is 22.7 Å². The molecule has 0 bridgehead atoms. The summed E-state index contributed by atoms with van der Waals surface area (Å²) < 4.78 is 81.4. The molecule has 0 atom stereocenters. The topological polar surface area (TPSA) is 90.9 Å². The van der Waals surface area contributed by atoms with E-state index in [0.29, 0.717) is 12.1 Å². The maximum Gasteiger partial charge on any atom is 0.418 e. The standard InChI is InChI=1S/C26H18F4N4O2S/c27-19-8-9-21-18(14-19)10-13-34(21)15-16-4-6-17(7-5-16)24-25(33-12-11-32-24)20-2-1-3-22(37(31,35)36)23(20)26(28,29)30/h1-14H,15H2,(H2,31,35,36). The third-order valence-corrected chi connectivity index (χ3v) is 6.84. The Balaban J connectivity index is 1.55. The van der Waals surface area contributed by atoms with E-state index >= 15 is 0 Å². The molecule has 0 aliphatic carbocycles. The van der Waals surface area contributed by atoms with E-state index in [-0.39, 0.29) is 17.2 Å². The van der Waals surface area contributed by atoms with Gasteiger partial charge in [0.1, 0.15) is 5.82 Å². The van der Waals surface area contributed by atoms with Gasteiger partial charge in [0.05, 0.1) is 21.8 Å². The second kappa shape index (κ2) is 9.09. The average Bonchev–Trinajstić information content (AvgIpc) is 3.24. The average molecular weight is 527 g/mol. The fraction of sp³-hybridized carbons (Fsp3) is 0.0769. The molecule has 3 aromatic carbocycles. The normalized spacial score (nSPS) is 12.2. The van der Waals surface area contributed by atoms with Crippen molar-refractivity contribution in [2.24, 2.45) is 5.14 Å². The van der Waals surface area contributed by atoms with Crippen molar-refractivity contribution >= 4 is 20.9 Å². The molecule has 5 aromatic rings. The third-order valence-electron chi connectivity index (χ3n) is 5.88. The van der Waals surface area contributed by atoms with Crippen molar-refractivity contribution in [2.75, 3.05) is 0 Å². The minimum Gasteiger partial charge on any atom is -0.343 e. The van der Waals surface area contributed by atoms with Gasteiger partial charge in [-0.05, 0) is 35.9 Å². The number of fused-ring (bicyclic) bond motifs is 1. The van der Waals surface area contributed by atoms with E-state index in [2.05, 4.69) is 9.97 Å². The third kappa shape index (κ3) is 4.83. The minimum atomic E-state index is -5.01.